The molecular formula is C20H23FN3OS+. The summed E-state index contributed by atoms with van der Waals surface area (Å²) in [7, 11) is 0. The van der Waals surface area contributed by atoms with Gasteiger partial charge in [-0.3, -0.25) is 4.79 Å². The van der Waals surface area contributed by atoms with Crippen LogP contribution in [0.3, 0.4) is 0 Å². The maximum Gasteiger partial charge on any atom is 0.280 e. The SMILES string of the molecule is CC(C)[C@H]([NH2+]CC(=O)Nc1sc2c(c1C#N)CCC2)c1ccc(F)cc1. The zero-order valence-corrected chi connectivity index (χ0v) is 15.8. The van der Waals surface area contributed by atoms with Gasteiger partial charge in [-0.15, -0.1) is 11.3 Å². The Morgan fingerprint density at radius 1 is 1.35 bits per heavy atom. The number of nitriles is 1. The standard InChI is InChI=1S/C20H22FN3OS/c1-12(2)19(13-6-8-14(21)9-7-13)23-11-18(25)24-20-16(10-22)15-4-3-5-17(15)26-20/h6-9,12,19,23H,3-5,11H2,1-2H3,(H,24,25)/p+1/t19-/m0/s1. The number of nitrogens with two attached hydrogens (primary N) is 1. The van der Waals surface area contributed by atoms with Crippen molar-refractivity contribution >= 4 is 22.2 Å². The van der Waals surface area contributed by atoms with Crippen LogP contribution in [0, 0.1) is 23.1 Å². The molecule has 0 saturated heterocycles. The van der Waals surface area contributed by atoms with E-state index in [9.17, 15) is 14.4 Å². The largest absolute Gasteiger partial charge is 0.332 e. The highest BCUT2D eigenvalue weighted by Crippen LogP contribution is 2.38. The maximum atomic E-state index is 13.1. The van der Waals surface area contributed by atoms with Gasteiger partial charge in [-0.1, -0.05) is 26.0 Å². The number of halogens is 1. The summed E-state index contributed by atoms with van der Waals surface area (Å²) in [6.07, 6.45) is 3.01. The highest BCUT2D eigenvalue weighted by molar-refractivity contribution is 7.16. The molecule has 0 spiro atoms. The van der Waals surface area contributed by atoms with Gasteiger partial charge in [0.25, 0.3) is 5.91 Å². The molecule has 1 heterocycles. The number of hydrogen-bond acceptors (Lipinski definition) is 3. The molecule has 1 aliphatic carbocycles. The van der Waals surface area contributed by atoms with E-state index >= 15 is 0 Å². The van der Waals surface area contributed by atoms with Crippen molar-refractivity contribution in [2.24, 2.45) is 5.92 Å². The molecule has 0 saturated carbocycles. The molecule has 0 bridgehead atoms. The number of nitrogens with zero attached hydrogens (tertiary/aromatic N) is 1. The molecule has 1 atom stereocenters. The Labute approximate surface area is 157 Å². The molecule has 4 nitrogen and oxygen atoms in total. The molecule has 1 amide bonds. The number of rotatable bonds is 6. The van der Waals surface area contributed by atoms with Crippen molar-refractivity contribution in [2.45, 2.75) is 39.2 Å². The Morgan fingerprint density at radius 2 is 2.08 bits per heavy atom. The number of carbonyl (C=O) groups is 1. The Kier molecular flexibility index (Phi) is 5.70. The Balaban J connectivity index is 1.64. The third kappa shape index (κ3) is 3.95. The van der Waals surface area contributed by atoms with Crippen molar-refractivity contribution in [2.75, 3.05) is 11.9 Å². The van der Waals surface area contributed by atoms with E-state index in [-0.39, 0.29) is 24.3 Å². The van der Waals surface area contributed by atoms with Crippen molar-refractivity contribution in [1.82, 2.24) is 0 Å². The molecule has 0 radical (unpaired) electrons. The Bertz CT molecular complexity index is 836. The minimum absolute atomic E-state index is 0.0742. The number of fused-ring (bicyclic) bond motifs is 1. The molecule has 2 aromatic rings. The molecule has 26 heavy (non-hydrogen) atoms. The summed E-state index contributed by atoms with van der Waals surface area (Å²) in [4.78, 5) is 13.6. The molecule has 3 N–H and O–H groups in total. The van der Waals surface area contributed by atoms with Gasteiger partial charge in [-0.25, -0.2) is 4.39 Å². The summed E-state index contributed by atoms with van der Waals surface area (Å²) in [6, 6.07) is 8.76. The van der Waals surface area contributed by atoms with E-state index in [2.05, 4.69) is 25.2 Å². The van der Waals surface area contributed by atoms with Gasteiger partial charge >= 0.3 is 0 Å². The van der Waals surface area contributed by atoms with E-state index in [1.165, 1.54) is 28.3 Å². The monoisotopic (exact) mass is 372 g/mol. The Hall–Kier alpha value is -2.23. The van der Waals surface area contributed by atoms with Crippen molar-refractivity contribution in [3.8, 4) is 6.07 Å². The van der Waals surface area contributed by atoms with E-state index in [1.54, 1.807) is 12.1 Å². The fourth-order valence-electron chi connectivity index (χ4n) is 3.50. The van der Waals surface area contributed by atoms with Crippen molar-refractivity contribution in [1.29, 1.82) is 5.26 Å². The number of anilines is 1. The first-order chi connectivity index (χ1) is 12.5. The second-order valence-electron chi connectivity index (χ2n) is 6.98. The normalized spacial score (nSPS) is 14.1. The van der Waals surface area contributed by atoms with Gasteiger partial charge in [0.1, 0.15) is 22.9 Å². The molecule has 1 aromatic heterocycles. The molecule has 0 unspecified atom stereocenters. The van der Waals surface area contributed by atoms with Gasteiger partial charge in [-0.05, 0) is 37.0 Å². The van der Waals surface area contributed by atoms with Gasteiger partial charge in [0, 0.05) is 16.4 Å². The zero-order chi connectivity index (χ0) is 18.7. The number of quaternary nitrogens is 1. The number of thiophene rings is 1. The van der Waals surface area contributed by atoms with Crippen molar-refractivity contribution in [3.63, 3.8) is 0 Å². The quantitative estimate of drug-likeness (QED) is 0.818. The molecule has 3 rings (SSSR count). The van der Waals surface area contributed by atoms with Crippen LogP contribution in [0.4, 0.5) is 9.39 Å². The van der Waals surface area contributed by atoms with Crippen LogP contribution >= 0.6 is 11.3 Å². The van der Waals surface area contributed by atoms with Crippen LogP contribution in [0.2, 0.25) is 0 Å². The fraction of sp³-hybridized carbons (Fsp3) is 0.400. The third-order valence-corrected chi connectivity index (χ3v) is 6.02. The van der Waals surface area contributed by atoms with E-state index in [0.717, 1.165) is 30.4 Å². The number of nitrogens with one attached hydrogen (secondary N) is 1. The van der Waals surface area contributed by atoms with Crippen LogP contribution in [-0.4, -0.2) is 12.5 Å². The first-order valence-electron chi connectivity index (χ1n) is 8.93. The summed E-state index contributed by atoms with van der Waals surface area (Å²) in [5.41, 5.74) is 2.75. The number of hydrogen-bond donors (Lipinski definition) is 2. The summed E-state index contributed by atoms with van der Waals surface area (Å²) in [5.74, 6) is -0.0774. The number of benzene rings is 1. The van der Waals surface area contributed by atoms with Crippen LogP contribution in [0.25, 0.3) is 0 Å². The smallest absolute Gasteiger partial charge is 0.280 e. The number of amides is 1. The average Bonchev–Trinajstić information content (AvgIpc) is 3.16. The summed E-state index contributed by atoms with van der Waals surface area (Å²) in [5, 5.41) is 15.0. The highest BCUT2D eigenvalue weighted by atomic mass is 32.1. The van der Waals surface area contributed by atoms with E-state index in [0.29, 0.717) is 16.5 Å². The molecule has 136 valence electrons. The van der Waals surface area contributed by atoms with Crippen molar-refractivity contribution < 1.29 is 14.5 Å². The van der Waals surface area contributed by atoms with Crippen LogP contribution in [0.5, 0.6) is 0 Å². The minimum atomic E-state index is -0.260. The highest BCUT2D eigenvalue weighted by Gasteiger charge is 2.24. The maximum absolute atomic E-state index is 13.1. The lowest BCUT2D eigenvalue weighted by atomic mass is 9.96. The van der Waals surface area contributed by atoms with Gasteiger partial charge < -0.3 is 10.6 Å². The van der Waals surface area contributed by atoms with Gasteiger partial charge in [-0.2, -0.15) is 5.26 Å². The topological polar surface area (TPSA) is 69.5 Å². The molecule has 6 heteroatoms. The lowest BCUT2D eigenvalue weighted by Crippen LogP contribution is -2.88. The van der Waals surface area contributed by atoms with E-state index in [1.807, 2.05) is 5.32 Å². The lowest BCUT2D eigenvalue weighted by Gasteiger charge is -2.19. The van der Waals surface area contributed by atoms with Crippen LogP contribution in [0.15, 0.2) is 24.3 Å². The molecule has 0 fully saturated rings. The second-order valence-corrected chi connectivity index (χ2v) is 8.09. The third-order valence-electron chi connectivity index (χ3n) is 4.82. The fourth-order valence-corrected chi connectivity index (χ4v) is 4.76. The lowest BCUT2D eigenvalue weighted by molar-refractivity contribution is -0.692. The van der Waals surface area contributed by atoms with Crippen LogP contribution in [-0.2, 0) is 17.6 Å². The van der Waals surface area contributed by atoms with Gasteiger partial charge in [0.05, 0.1) is 5.56 Å². The number of carbonyl (C=O) groups excluding carboxylic acids is 1. The number of aryl methyl sites for hydroxylation is 1. The minimum Gasteiger partial charge on any atom is -0.332 e. The predicted octanol–water partition coefficient (Wildman–Crippen LogP) is 3.15. The second kappa shape index (κ2) is 7.98. The first-order valence-corrected chi connectivity index (χ1v) is 9.74. The predicted molar refractivity (Wildman–Crippen MR) is 100 cm³/mol. The Morgan fingerprint density at radius 3 is 2.73 bits per heavy atom. The zero-order valence-electron chi connectivity index (χ0n) is 15.0. The van der Waals surface area contributed by atoms with Gasteiger partial charge in [0.2, 0.25) is 0 Å². The summed E-state index contributed by atoms with van der Waals surface area (Å²) >= 11 is 1.53. The van der Waals surface area contributed by atoms with Gasteiger partial charge in [0.15, 0.2) is 6.54 Å². The summed E-state index contributed by atoms with van der Waals surface area (Å²) < 4.78 is 13.1. The van der Waals surface area contributed by atoms with Crippen LogP contribution < -0.4 is 10.6 Å². The van der Waals surface area contributed by atoms with E-state index < -0.39 is 0 Å². The first kappa shape index (κ1) is 18.6. The summed E-state index contributed by atoms with van der Waals surface area (Å²) in [6.45, 7) is 4.42. The molecule has 1 aliphatic rings. The van der Waals surface area contributed by atoms with Crippen LogP contribution in [0.1, 0.15) is 47.9 Å². The average molecular weight is 372 g/mol. The molecule has 0 aliphatic heterocycles. The van der Waals surface area contributed by atoms with Crippen molar-refractivity contribution in [3.05, 3.63) is 51.7 Å². The molecular weight excluding hydrogens is 349 g/mol. The van der Waals surface area contributed by atoms with E-state index in [4.69, 9.17) is 0 Å². The molecule has 1 aromatic carbocycles.